The summed E-state index contributed by atoms with van der Waals surface area (Å²) in [5.74, 6) is 1.47. The van der Waals surface area contributed by atoms with E-state index in [1.54, 1.807) is 13.4 Å². The molecule has 2 aromatic heterocycles. The summed E-state index contributed by atoms with van der Waals surface area (Å²) in [6.07, 6.45) is 6.53. The number of rotatable bonds is 6. The fourth-order valence-electron chi connectivity index (χ4n) is 5.50. The highest BCUT2D eigenvalue weighted by molar-refractivity contribution is 5.94. The molecule has 37 heavy (non-hydrogen) atoms. The molecule has 6 rings (SSSR count). The zero-order chi connectivity index (χ0) is 25.2. The summed E-state index contributed by atoms with van der Waals surface area (Å²) >= 11 is 0. The summed E-state index contributed by atoms with van der Waals surface area (Å²) in [6.45, 7) is 5.93. The molecule has 0 saturated carbocycles. The molecule has 1 atom stereocenters. The van der Waals surface area contributed by atoms with Gasteiger partial charge >= 0.3 is 0 Å². The Morgan fingerprint density at radius 3 is 2.81 bits per heavy atom. The highest BCUT2D eigenvalue weighted by Gasteiger charge is 2.21. The monoisotopic (exact) mass is 495 g/mol. The van der Waals surface area contributed by atoms with E-state index in [1.807, 2.05) is 12.1 Å². The number of hydrogen-bond acceptors (Lipinski definition) is 8. The molecule has 2 aromatic carbocycles. The highest BCUT2D eigenvalue weighted by Crippen LogP contribution is 2.33. The Morgan fingerprint density at radius 1 is 1.05 bits per heavy atom. The van der Waals surface area contributed by atoms with Crippen LogP contribution in [0, 0.1) is 6.92 Å². The molecular weight excluding hydrogens is 462 g/mol. The van der Waals surface area contributed by atoms with Crippen molar-refractivity contribution in [3.8, 4) is 17.1 Å². The number of aryl methyl sites for hydroxylation is 1. The smallest absolute Gasteiger partial charge is 0.233 e. The average Bonchev–Trinajstić information content (AvgIpc) is 2.96. The first-order valence-electron chi connectivity index (χ1n) is 13.2. The van der Waals surface area contributed by atoms with Gasteiger partial charge in [-0.2, -0.15) is 0 Å². The predicted molar refractivity (Wildman–Crippen MR) is 147 cm³/mol. The van der Waals surface area contributed by atoms with Crippen molar-refractivity contribution in [2.75, 3.05) is 37.0 Å². The Labute approximate surface area is 217 Å². The largest absolute Gasteiger partial charge is 0.480 e. The lowest BCUT2D eigenvalue weighted by atomic mass is 9.98. The molecule has 0 bridgehead atoms. The first-order chi connectivity index (χ1) is 18.2. The second-order valence-electron chi connectivity index (χ2n) is 10.0. The van der Waals surface area contributed by atoms with E-state index in [1.165, 1.54) is 36.1 Å². The Kier molecular flexibility index (Phi) is 6.57. The molecule has 0 spiro atoms. The third-order valence-corrected chi connectivity index (χ3v) is 7.54. The fraction of sp³-hybridized carbons (Fsp3) is 0.379. The number of piperidine rings is 1. The predicted octanol–water partition coefficient (Wildman–Crippen LogP) is 4.52. The summed E-state index contributed by atoms with van der Waals surface area (Å²) in [4.78, 5) is 11.8. The quantitative estimate of drug-likeness (QED) is 0.404. The average molecular weight is 496 g/mol. The van der Waals surface area contributed by atoms with Crippen molar-refractivity contribution in [3.63, 3.8) is 0 Å². The first-order valence-corrected chi connectivity index (χ1v) is 13.2. The van der Waals surface area contributed by atoms with Crippen molar-refractivity contribution in [1.29, 1.82) is 0 Å². The number of ether oxygens (including phenoxy) is 1. The van der Waals surface area contributed by atoms with Crippen LogP contribution in [0.15, 0.2) is 48.8 Å². The molecule has 4 aromatic rings. The van der Waals surface area contributed by atoms with E-state index in [2.05, 4.69) is 68.0 Å². The molecule has 2 N–H and O–H groups in total. The van der Waals surface area contributed by atoms with Gasteiger partial charge in [0.1, 0.15) is 12.1 Å². The van der Waals surface area contributed by atoms with Gasteiger partial charge in [0.15, 0.2) is 0 Å². The Hall–Kier alpha value is -3.78. The second-order valence-corrected chi connectivity index (χ2v) is 10.0. The van der Waals surface area contributed by atoms with Gasteiger partial charge in [-0.3, -0.25) is 0 Å². The molecule has 1 fully saturated rings. The van der Waals surface area contributed by atoms with E-state index in [0.717, 1.165) is 66.1 Å². The number of methoxy groups -OCH3 is 1. The standard InChI is InChI=1S/C29H33N7O/c1-19-13-21(26-8-9-27(37-2)35-34-26)15-25-28(19)32-18-33-29(25)36-12-10-20-6-7-23(14-22(20)17-36)31-16-24-5-3-4-11-30-24/h6-9,13-15,18,24,30-31H,3-5,10-12,16-17H2,1-2H3/t24-/m0/s1. The Morgan fingerprint density at radius 2 is 2.00 bits per heavy atom. The van der Waals surface area contributed by atoms with Crippen LogP contribution < -0.4 is 20.3 Å². The number of nitrogens with one attached hydrogen (secondary N) is 2. The summed E-state index contributed by atoms with van der Waals surface area (Å²) in [5.41, 5.74) is 7.82. The SMILES string of the molecule is COc1ccc(-c2cc(C)c3ncnc(N4CCc5ccc(NC[C@@H]6CCCCN6)cc5C4)c3c2)nn1. The number of benzene rings is 2. The summed E-state index contributed by atoms with van der Waals surface area (Å²) in [6, 6.07) is 15.4. The van der Waals surface area contributed by atoms with Crippen molar-refractivity contribution >= 4 is 22.4 Å². The summed E-state index contributed by atoms with van der Waals surface area (Å²) in [5, 5.41) is 16.8. The Balaban J connectivity index is 1.27. The molecule has 0 amide bonds. The van der Waals surface area contributed by atoms with Gasteiger partial charge in [-0.05, 0) is 79.8 Å². The van der Waals surface area contributed by atoms with Crippen LogP contribution in [0.5, 0.6) is 5.88 Å². The van der Waals surface area contributed by atoms with Crippen LogP contribution >= 0.6 is 0 Å². The molecule has 4 heterocycles. The Bertz CT molecular complexity index is 1400. The minimum Gasteiger partial charge on any atom is -0.480 e. The maximum absolute atomic E-state index is 5.17. The lowest BCUT2D eigenvalue weighted by Gasteiger charge is -2.31. The van der Waals surface area contributed by atoms with Crippen molar-refractivity contribution in [2.24, 2.45) is 0 Å². The van der Waals surface area contributed by atoms with Crippen LogP contribution in [0.2, 0.25) is 0 Å². The van der Waals surface area contributed by atoms with E-state index in [4.69, 9.17) is 9.72 Å². The van der Waals surface area contributed by atoms with Crippen LogP contribution in [0.3, 0.4) is 0 Å². The molecule has 1 saturated heterocycles. The summed E-state index contributed by atoms with van der Waals surface area (Å²) in [7, 11) is 1.59. The number of fused-ring (bicyclic) bond motifs is 2. The van der Waals surface area contributed by atoms with Crippen molar-refractivity contribution < 1.29 is 4.74 Å². The molecule has 0 unspecified atom stereocenters. The van der Waals surface area contributed by atoms with Gasteiger partial charge in [0.05, 0.1) is 18.3 Å². The van der Waals surface area contributed by atoms with Gasteiger partial charge < -0.3 is 20.3 Å². The molecule has 2 aliphatic heterocycles. The summed E-state index contributed by atoms with van der Waals surface area (Å²) < 4.78 is 5.17. The topological polar surface area (TPSA) is 88.1 Å². The second kappa shape index (κ2) is 10.3. The van der Waals surface area contributed by atoms with E-state index in [0.29, 0.717) is 11.9 Å². The number of hydrogen-bond donors (Lipinski definition) is 2. The number of anilines is 2. The van der Waals surface area contributed by atoms with E-state index in [-0.39, 0.29) is 0 Å². The third-order valence-electron chi connectivity index (χ3n) is 7.54. The van der Waals surface area contributed by atoms with Crippen LogP contribution in [0.25, 0.3) is 22.2 Å². The zero-order valence-electron chi connectivity index (χ0n) is 21.5. The molecule has 8 nitrogen and oxygen atoms in total. The van der Waals surface area contributed by atoms with Gasteiger partial charge in [0, 0.05) is 48.4 Å². The lowest BCUT2D eigenvalue weighted by molar-refractivity contribution is 0.392. The molecule has 190 valence electrons. The molecular formula is C29H33N7O. The van der Waals surface area contributed by atoms with E-state index in [9.17, 15) is 0 Å². The van der Waals surface area contributed by atoms with Gasteiger partial charge in [-0.15, -0.1) is 10.2 Å². The first kappa shape index (κ1) is 23.6. The van der Waals surface area contributed by atoms with Gasteiger partial charge in [0.25, 0.3) is 0 Å². The van der Waals surface area contributed by atoms with Crippen LogP contribution in [0.1, 0.15) is 36.0 Å². The number of nitrogens with zero attached hydrogens (tertiary/aromatic N) is 5. The van der Waals surface area contributed by atoms with Crippen molar-refractivity contribution in [2.45, 2.75) is 45.2 Å². The van der Waals surface area contributed by atoms with Crippen molar-refractivity contribution in [3.05, 3.63) is 65.5 Å². The van der Waals surface area contributed by atoms with E-state index >= 15 is 0 Å². The van der Waals surface area contributed by atoms with Crippen LogP contribution in [-0.4, -0.2) is 53.0 Å². The van der Waals surface area contributed by atoms with Gasteiger partial charge in [0.2, 0.25) is 5.88 Å². The number of aromatic nitrogens is 4. The van der Waals surface area contributed by atoms with Crippen LogP contribution in [0.4, 0.5) is 11.5 Å². The molecule has 0 aliphatic carbocycles. The van der Waals surface area contributed by atoms with Crippen molar-refractivity contribution in [1.82, 2.24) is 25.5 Å². The maximum atomic E-state index is 5.17. The highest BCUT2D eigenvalue weighted by atomic mass is 16.5. The van der Waals surface area contributed by atoms with Gasteiger partial charge in [-0.25, -0.2) is 9.97 Å². The van der Waals surface area contributed by atoms with E-state index < -0.39 is 0 Å². The van der Waals surface area contributed by atoms with Crippen LogP contribution in [-0.2, 0) is 13.0 Å². The lowest BCUT2D eigenvalue weighted by Crippen LogP contribution is -2.39. The maximum Gasteiger partial charge on any atom is 0.233 e. The normalized spacial score (nSPS) is 17.5. The fourth-order valence-corrected chi connectivity index (χ4v) is 5.50. The molecule has 2 aliphatic rings. The molecule has 0 radical (unpaired) electrons. The van der Waals surface area contributed by atoms with Gasteiger partial charge in [-0.1, -0.05) is 12.5 Å². The minimum atomic E-state index is 0.501. The molecule has 8 heteroatoms. The third kappa shape index (κ3) is 4.93. The minimum absolute atomic E-state index is 0.501. The zero-order valence-corrected chi connectivity index (χ0v) is 21.5.